The van der Waals surface area contributed by atoms with Crippen LogP contribution in [0.15, 0.2) is 83.8 Å². The van der Waals surface area contributed by atoms with Crippen LogP contribution in [-0.4, -0.2) is 11.6 Å². The Hall–Kier alpha value is -3.17. The molecule has 0 fully saturated rings. The normalized spacial score (nSPS) is 12.8. The molecule has 0 atom stereocenters. The molecule has 0 aromatic heterocycles. The van der Waals surface area contributed by atoms with E-state index in [2.05, 4.69) is 12.6 Å². The van der Waals surface area contributed by atoms with Gasteiger partial charge in [0.15, 0.2) is 11.6 Å². The van der Waals surface area contributed by atoms with E-state index in [-0.39, 0.29) is 11.6 Å². The predicted octanol–water partition coefficient (Wildman–Crippen LogP) is 5.57. The summed E-state index contributed by atoms with van der Waals surface area (Å²) in [7, 11) is 0. The van der Waals surface area contributed by atoms with Crippen LogP contribution in [0.25, 0.3) is 21.9 Å². The second-order valence-electron chi connectivity index (χ2n) is 6.61. The molecule has 0 amide bonds. The summed E-state index contributed by atoms with van der Waals surface area (Å²) >= 11 is 4.65. The zero-order valence-electron chi connectivity index (χ0n) is 14.3. The molecule has 0 bridgehead atoms. The molecule has 0 unspecified atom stereocenters. The molecule has 5 rings (SSSR count). The van der Waals surface area contributed by atoms with Gasteiger partial charge in [0.1, 0.15) is 0 Å². The van der Waals surface area contributed by atoms with Crippen molar-refractivity contribution in [3.8, 4) is 11.1 Å². The van der Waals surface area contributed by atoms with Gasteiger partial charge in [0.05, 0.1) is 0 Å². The number of hydrogen-bond donors (Lipinski definition) is 1. The Morgan fingerprint density at radius 2 is 1.15 bits per heavy atom. The maximum absolute atomic E-state index is 13.3. The molecule has 2 nitrogen and oxygen atoms in total. The molecule has 1 aliphatic rings. The molecular weight excluding hydrogens is 352 g/mol. The van der Waals surface area contributed by atoms with Gasteiger partial charge in [-0.15, -0.1) is 12.6 Å². The molecule has 0 radical (unpaired) electrons. The van der Waals surface area contributed by atoms with Crippen molar-refractivity contribution in [3.05, 3.63) is 101 Å². The summed E-state index contributed by atoms with van der Waals surface area (Å²) < 4.78 is 0. The first-order chi connectivity index (χ1) is 13.2. The van der Waals surface area contributed by atoms with E-state index in [1.807, 2.05) is 42.5 Å². The van der Waals surface area contributed by atoms with Crippen LogP contribution in [0.3, 0.4) is 0 Å². The first-order valence-electron chi connectivity index (χ1n) is 8.69. The van der Waals surface area contributed by atoms with E-state index < -0.39 is 0 Å². The lowest BCUT2D eigenvalue weighted by Gasteiger charge is -2.22. The summed E-state index contributed by atoms with van der Waals surface area (Å²) in [5.41, 5.74) is 3.44. The molecule has 0 aliphatic heterocycles. The van der Waals surface area contributed by atoms with Crippen molar-refractivity contribution in [1.82, 2.24) is 0 Å². The maximum atomic E-state index is 13.3. The topological polar surface area (TPSA) is 34.1 Å². The minimum absolute atomic E-state index is 0.116. The Labute approximate surface area is 161 Å². The van der Waals surface area contributed by atoms with Crippen molar-refractivity contribution in [2.45, 2.75) is 4.90 Å². The third-order valence-corrected chi connectivity index (χ3v) is 5.50. The van der Waals surface area contributed by atoms with E-state index in [1.54, 1.807) is 36.4 Å². The van der Waals surface area contributed by atoms with Gasteiger partial charge in [-0.05, 0) is 28.5 Å². The zero-order valence-corrected chi connectivity index (χ0v) is 15.2. The van der Waals surface area contributed by atoms with E-state index in [9.17, 15) is 9.59 Å². The van der Waals surface area contributed by atoms with Crippen LogP contribution in [-0.2, 0) is 0 Å². The van der Waals surface area contributed by atoms with Crippen LogP contribution in [0.1, 0.15) is 31.8 Å². The summed E-state index contributed by atoms with van der Waals surface area (Å²) in [6.07, 6.45) is 0. The molecule has 27 heavy (non-hydrogen) atoms. The number of fused-ring (bicyclic) bond motifs is 3. The van der Waals surface area contributed by atoms with Crippen molar-refractivity contribution in [2.75, 3.05) is 0 Å². The van der Waals surface area contributed by atoms with Crippen molar-refractivity contribution in [3.63, 3.8) is 0 Å². The molecular formula is C24H14O2S. The highest BCUT2D eigenvalue weighted by atomic mass is 32.1. The second-order valence-corrected chi connectivity index (χ2v) is 7.09. The highest BCUT2D eigenvalue weighted by Gasteiger charge is 2.32. The fourth-order valence-corrected chi connectivity index (χ4v) is 4.20. The SMILES string of the molecule is O=C1c2ccccc2C(=O)c2c1ccc(S)c2-c1cccc2ccccc12. The van der Waals surface area contributed by atoms with Crippen LogP contribution in [0, 0.1) is 0 Å². The lowest BCUT2D eigenvalue weighted by molar-refractivity contribution is 0.0979. The molecule has 3 heteroatoms. The van der Waals surface area contributed by atoms with Gasteiger partial charge in [-0.2, -0.15) is 0 Å². The van der Waals surface area contributed by atoms with E-state index in [0.717, 1.165) is 21.9 Å². The Bertz CT molecular complexity index is 1270. The standard InChI is InChI=1S/C24H14O2S/c25-23-17-9-3-4-10-18(17)24(26)22-19(23)12-13-20(27)21(22)16-11-5-7-14-6-1-2-8-15(14)16/h1-13,27H. The Morgan fingerprint density at radius 1 is 0.519 bits per heavy atom. The van der Waals surface area contributed by atoms with Crippen LogP contribution < -0.4 is 0 Å². The van der Waals surface area contributed by atoms with Crippen LogP contribution >= 0.6 is 12.6 Å². The predicted molar refractivity (Wildman–Crippen MR) is 110 cm³/mol. The van der Waals surface area contributed by atoms with Crippen LogP contribution in [0.2, 0.25) is 0 Å². The largest absolute Gasteiger partial charge is 0.289 e. The molecule has 1 aliphatic carbocycles. The fourth-order valence-electron chi connectivity index (χ4n) is 3.89. The molecule has 4 aromatic rings. The van der Waals surface area contributed by atoms with Gasteiger partial charge in [-0.25, -0.2) is 0 Å². The third kappa shape index (κ3) is 2.29. The Morgan fingerprint density at radius 3 is 1.96 bits per heavy atom. The van der Waals surface area contributed by atoms with Crippen molar-refractivity contribution >= 4 is 35.0 Å². The maximum Gasteiger partial charge on any atom is 0.195 e. The number of hydrogen-bond acceptors (Lipinski definition) is 3. The highest BCUT2D eigenvalue weighted by Crippen LogP contribution is 2.40. The monoisotopic (exact) mass is 366 g/mol. The Balaban J connectivity index is 1.88. The quantitative estimate of drug-likeness (QED) is 0.394. The molecule has 4 aromatic carbocycles. The highest BCUT2D eigenvalue weighted by molar-refractivity contribution is 7.80. The summed E-state index contributed by atoms with van der Waals surface area (Å²) in [5.74, 6) is -0.242. The van der Waals surface area contributed by atoms with Gasteiger partial charge < -0.3 is 0 Å². The van der Waals surface area contributed by atoms with Crippen molar-refractivity contribution < 1.29 is 9.59 Å². The van der Waals surface area contributed by atoms with Gasteiger partial charge in [0.25, 0.3) is 0 Å². The molecule has 0 saturated heterocycles. The van der Waals surface area contributed by atoms with E-state index >= 15 is 0 Å². The number of carbonyl (C=O) groups is 2. The molecule has 128 valence electrons. The van der Waals surface area contributed by atoms with Gasteiger partial charge in [-0.3, -0.25) is 9.59 Å². The fraction of sp³-hybridized carbons (Fsp3) is 0. The van der Waals surface area contributed by atoms with Gasteiger partial charge >= 0.3 is 0 Å². The van der Waals surface area contributed by atoms with E-state index in [4.69, 9.17) is 0 Å². The van der Waals surface area contributed by atoms with Crippen LogP contribution in [0.5, 0.6) is 0 Å². The molecule has 0 N–H and O–H groups in total. The smallest absolute Gasteiger partial charge is 0.195 e. The Kier molecular flexibility index (Phi) is 3.52. The number of carbonyl (C=O) groups excluding carboxylic acids is 2. The second kappa shape index (κ2) is 5.93. The van der Waals surface area contributed by atoms with Crippen molar-refractivity contribution in [2.24, 2.45) is 0 Å². The van der Waals surface area contributed by atoms with Gasteiger partial charge in [0, 0.05) is 32.7 Å². The van der Waals surface area contributed by atoms with Gasteiger partial charge in [-0.1, -0.05) is 66.7 Å². The summed E-state index contributed by atoms with van der Waals surface area (Å²) in [5, 5.41) is 2.11. The van der Waals surface area contributed by atoms with E-state index in [1.165, 1.54) is 0 Å². The summed E-state index contributed by atoms with van der Waals surface area (Å²) in [6.45, 7) is 0. The summed E-state index contributed by atoms with van der Waals surface area (Å²) in [4.78, 5) is 27.1. The average molecular weight is 366 g/mol. The first kappa shape index (κ1) is 16.0. The molecule has 0 heterocycles. The molecule has 0 spiro atoms. The van der Waals surface area contributed by atoms with E-state index in [0.29, 0.717) is 27.1 Å². The summed E-state index contributed by atoms with van der Waals surface area (Å²) in [6, 6.07) is 24.5. The minimum Gasteiger partial charge on any atom is -0.289 e. The first-order valence-corrected chi connectivity index (χ1v) is 9.14. The molecule has 0 saturated carbocycles. The number of ketones is 2. The van der Waals surface area contributed by atoms with Gasteiger partial charge in [0.2, 0.25) is 0 Å². The average Bonchev–Trinajstić information content (AvgIpc) is 2.71. The number of thiol groups is 1. The lowest BCUT2D eigenvalue weighted by atomic mass is 9.80. The lowest BCUT2D eigenvalue weighted by Crippen LogP contribution is -2.22. The number of benzene rings is 4. The minimum atomic E-state index is -0.126. The van der Waals surface area contributed by atoms with Crippen molar-refractivity contribution in [1.29, 1.82) is 0 Å². The van der Waals surface area contributed by atoms with Crippen LogP contribution in [0.4, 0.5) is 0 Å². The number of rotatable bonds is 1. The zero-order chi connectivity index (χ0) is 18.5. The third-order valence-electron chi connectivity index (χ3n) is 5.13.